The zero-order valence-electron chi connectivity index (χ0n) is 35.5. The number of aromatic amines is 1. The molecular formula is C43H59N9O10. The molecule has 6 atom stereocenters. The molecule has 0 spiro atoms. The first-order valence-electron chi connectivity index (χ1n) is 20.7. The molecule has 336 valence electrons. The van der Waals surface area contributed by atoms with Crippen molar-refractivity contribution < 1.29 is 48.6 Å². The predicted molar refractivity (Wildman–Crippen MR) is 228 cm³/mol. The third-order valence-corrected chi connectivity index (χ3v) is 10.5. The number of aromatic hydroxyl groups is 1. The lowest BCUT2D eigenvalue weighted by atomic mass is 9.92. The van der Waals surface area contributed by atoms with E-state index in [0.29, 0.717) is 24.1 Å². The van der Waals surface area contributed by atoms with Crippen LogP contribution in [0.5, 0.6) is 5.75 Å². The first-order valence-corrected chi connectivity index (χ1v) is 20.7. The number of hydrogen-bond acceptors (Lipinski definition) is 13. The number of ketones is 3. The summed E-state index contributed by atoms with van der Waals surface area (Å²) in [6.07, 6.45) is 1.16. The second-order valence-corrected chi connectivity index (χ2v) is 16.2. The SMILES string of the molecule is CC(=O)C1CN(C)CCCC(=O)N[C@@H](Cc2c[nH]c3ccccc23)C(=O)NC(CO)C(=O)N[C@@H](CCC(N)=O)C(=O)NC(Cc2ccc(O)cc2)C(=O)C(=O)[C@H](CC(C)C)NN1. The molecule has 0 aliphatic carbocycles. The molecule has 19 nitrogen and oxygen atoms in total. The summed E-state index contributed by atoms with van der Waals surface area (Å²) in [6.45, 7) is 4.62. The number of nitrogens with zero attached hydrogens (tertiary/aromatic N) is 1. The molecule has 2 heterocycles. The molecule has 3 unspecified atom stereocenters. The third-order valence-electron chi connectivity index (χ3n) is 10.5. The van der Waals surface area contributed by atoms with Crippen molar-refractivity contribution in [2.45, 2.75) is 102 Å². The van der Waals surface area contributed by atoms with Crippen molar-refractivity contribution in [3.8, 4) is 5.75 Å². The fourth-order valence-corrected chi connectivity index (χ4v) is 7.08. The number of aliphatic hydroxyl groups excluding tert-OH is 1. The summed E-state index contributed by atoms with van der Waals surface area (Å²) in [7, 11) is 1.75. The average Bonchev–Trinajstić information content (AvgIpc) is 3.63. The van der Waals surface area contributed by atoms with Crippen molar-refractivity contribution >= 4 is 57.8 Å². The number of H-pyrrole nitrogens is 1. The van der Waals surface area contributed by atoms with Crippen LogP contribution in [0.25, 0.3) is 10.9 Å². The number of para-hydroxylation sites is 1. The van der Waals surface area contributed by atoms with Crippen LogP contribution in [0.3, 0.4) is 0 Å². The fraction of sp³-hybridized carbons (Fsp3) is 0.488. The van der Waals surface area contributed by atoms with Crippen molar-refractivity contribution in [1.29, 1.82) is 0 Å². The number of phenolic OH excluding ortho intramolecular Hbond substituents is 1. The van der Waals surface area contributed by atoms with E-state index in [2.05, 4.69) is 37.1 Å². The number of hydrazine groups is 1. The molecule has 4 rings (SSSR count). The lowest BCUT2D eigenvalue weighted by Crippen LogP contribution is -2.60. The number of amides is 5. The van der Waals surface area contributed by atoms with Crippen molar-refractivity contribution in [2.75, 3.05) is 26.7 Å². The Hall–Kier alpha value is -6.02. The van der Waals surface area contributed by atoms with Gasteiger partial charge in [0.15, 0.2) is 0 Å². The van der Waals surface area contributed by atoms with Crippen LogP contribution < -0.4 is 37.9 Å². The lowest BCUT2D eigenvalue weighted by Gasteiger charge is -2.28. The molecule has 0 bridgehead atoms. The zero-order chi connectivity index (χ0) is 45.5. The molecule has 2 aromatic carbocycles. The van der Waals surface area contributed by atoms with Gasteiger partial charge in [0.05, 0.1) is 24.7 Å². The molecule has 1 saturated heterocycles. The Morgan fingerprint density at radius 1 is 0.806 bits per heavy atom. The molecule has 62 heavy (non-hydrogen) atoms. The summed E-state index contributed by atoms with van der Waals surface area (Å²) >= 11 is 0. The van der Waals surface area contributed by atoms with E-state index in [1.54, 1.807) is 13.2 Å². The standard InChI is InChI=1S/C43H59N9O10/c1-24(2)18-33-40(59)39(58)32(19-26-11-13-28(55)14-12-26)48-41(60)31(15-16-37(44)56)47-43(62)36(23-53)49-42(61)34(20-27-21-45-30-9-6-5-8-29(27)30)46-38(57)10-7-17-52(4)22-35(25(3)54)51-50-33/h5-6,8-9,11-14,21,24,31-36,45,50-51,53,55H,7,10,15-20,22-23H2,1-4H3,(H2,44,56)(H,46,57)(H,47,62)(H,48,60)(H,49,61)/t31-,32?,33-,34-,35?,36?/m0/s1. The van der Waals surface area contributed by atoms with E-state index in [1.807, 2.05) is 43.0 Å². The summed E-state index contributed by atoms with van der Waals surface area (Å²) in [5, 5.41) is 31.2. The van der Waals surface area contributed by atoms with E-state index in [1.165, 1.54) is 31.2 Å². The highest BCUT2D eigenvalue weighted by atomic mass is 16.3. The zero-order valence-corrected chi connectivity index (χ0v) is 35.5. The van der Waals surface area contributed by atoms with Crippen molar-refractivity contribution in [2.24, 2.45) is 11.7 Å². The molecule has 0 saturated carbocycles. The first-order chi connectivity index (χ1) is 29.4. The molecule has 0 radical (unpaired) electrons. The Balaban J connectivity index is 1.72. The summed E-state index contributed by atoms with van der Waals surface area (Å²) < 4.78 is 0. The van der Waals surface area contributed by atoms with Gasteiger partial charge in [-0.2, -0.15) is 0 Å². The quantitative estimate of drug-likeness (QED) is 0.106. The number of carbonyl (C=O) groups excluding carboxylic acids is 8. The number of Topliss-reactive ketones (excluding diaryl/α,β-unsaturated/α-hetero) is 3. The molecule has 11 N–H and O–H groups in total. The molecule has 1 aliphatic rings. The van der Waals surface area contributed by atoms with Crippen LogP contribution >= 0.6 is 0 Å². The first kappa shape index (κ1) is 48.6. The maximum Gasteiger partial charge on any atom is 0.245 e. The molecule has 1 fully saturated rings. The molecule has 1 aliphatic heterocycles. The number of fused-ring (bicyclic) bond motifs is 1. The van der Waals surface area contributed by atoms with Gasteiger partial charge in [0.25, 0.3) is 0 Å². The molecule has 1 aromatic heterocycles. The number of likely N-dealkylation sites (N-methyl/N-ethyl adjacent to an activating group) is 1. The van der Waals surface area contributed by atoms with Gasteiger partial charge in [-0.05, 0) is 75.0 Å². The van der Waals surface area contributed by atoms with Gasteiger partial charge in [-0.15, -0.1) is 0 Å². The highest BCUT2D eigenvalue weighted by Gasteiger charge is 2.36. The molecule has 3 aromatic rings. The van der Waals surface area contributed by atoms with Crippen LogP contribution in [-0.4, -0.2) is 130 Å². The Labute approximate surface area is 359 Å². The number of rotatable bonds is 11. The minimum absolute atomic E-state index is 0.00314. The molecular weight excluding hydrogens is 803 g/mol. The van der Waals surface area contributed by atoms with Crippen LogP contribution in [-0.2, 0) is 51.2 Å². The second-order valence-electron chi connectivity index (χ2n) is 16.2. The lowest BCUT2D eigenvalue weighted by molar-refractivity contribution is -0.141. The van der Waals surface area contributed by atoms with Gasteiger partial charge in [-0.3, -0.25) is 38.4 Å². The molecule has 19 heteroatoms. The number of aromatic nitrogens is 1. The second kappa shape index (κ2) is 23.3. The van der Waals surface area contributed by atoms with Crippen LogP contribution in [0.1, 0.15) is 64.0 Å². The number of aliphatic hydroxyl groups is 1. The number of carbonyl (C=O) groups is 8. The Morgan fingerprint density at radius 3 is 2.10 bits per heavy atom. The number of phenols is 1. The molecule has 5 amide bonds. The number of nitrogens with two attached hydrogens (primary N) is 1. The van der Waals surface area contributed by atoms with Crippen molar-refractivity contribution in [3.63, 3.8) is 0 Å². The highest BCUT2D eigenvalue weighted by Crippen LogP contribution is 2.20. The van der Waals surface area contributed by atoms with Crippen molar-refractivity contribution in [3.05, 3.63) is 65.9 Å². The van der Waals surface area contributed by atoms with Gasteiger partial charge in [0.2, 0.25) is 41.1 Å². The van der Waals surface area contributed by atoms with Gasteiger partial charge in [0, 0.05) is 49.3 Å². The summed E-state index contributed by atoms with van der Waals surface area (Å²) in [5.74, 6) is -6.52. The Morgan fingerprint density at radius 2 is 1.44 bits per heavy atom. The van der Waals surface area contributed by atoms with Gasteiger partial charge < -0.3 is 47.1 Å². The maximum absolute atomic E-state index is 14.2. The largest absolute Gasteiger partial charge is 0.508 e. The van der Waals surface area contributed by atoms with E-state index >= 15 is 0 Å². The summed E-state index contributed by atoms with van der Waals surface area (Å²) in [6, 6.07) is 5.11. The highest BCUT2D eigenvalue weighted by molar-refractivity contribution is 6.41. The topological polar surface area (TPSA) is 294 Å². The normalized spacial score (nSPS) is 23.6. The van der Waals surface area contributed by atoms with Gasteiger partial charge >= 0.3 is 0 Å². The number of hydrogen-bond donors (Lipinski definition) is 10. The van der Waals surface area contributed by atoms with E-state index in [9.17, 15) is 48.6 Å². The van der Waals surface area contributed by atoms with Crippen LogP contribution in [0.2, 0.25) is 0 Å². The van der Waals surface area contributed by atoms with Gasteiger partial charge in [-0.1, -0.05) is 44.2 Å². The Bertz CT molecular complexity index is 2070. The predicted octanol–water partition coefficient (Wildman–Crippen LogP) is -0.814. The van der Waals surface area contributed by atoms with E-state index in [0.717, 1.165) is 10.9 Å². The van der Waals surface area contributed by atoms with E-state index in [-0.39, 0.29) is 56.1 Å². The number of benzene rings is 2. The van der Waals surface area contributed by atoms with Crippen LogP contribution in [0.4, 0.5) is 0 Å². The maximum atomic E-state index is 14.2. The summed E-state index contributed by atoms with van der Waals surface area (Å²) in [4.78, 5) is 113. The minimum Gasteiger partial charge on any atom is -0.508 e. The van der Waals surface area contributed by atoms with Crippen molar-refractivity contribution in [1.82, 2.24) is 42.0 Å². The Kier molecular flexibility index (Phi) is 18.3. The van der Waals surface area contributed by atoms with Crippen LogP contribution in [0.15, 0.2) is 54.7 Å². The fourth-order valence-electron chi connectivity index (χ4n) is 7.08. The van der Waals surface area contributed by atoms with E-state index < -0.39 is 90.4 Å². The minimum atomic E-state index is -1.65. The van der Waals surface area contributed by atoms with Gasteiger partial charge in [-0.25, -0.2) is 10.9 Å². The van der Waals surface area contributed by atoms with Crippen LogP contribution in [0, 0.1) is 5.92 Å². The average molecular weight is 862 g/mol. The van der Waals surface area contributed by atoms with Gasteiger partial charge in [0.1, 0.15) is 29.7 Å². The smallest absolute Gasteiger partial charge is 0.245 e. The monoisotopic (exact) mass is 861 g/mol. The number of nitrogens with one attached hydrogen (secondary N) is 7. The van der Waals surface area contributed by atoms with E-state index in [4.69, 9.17) is 5.73 Å². The number of primary amides is 1. The summed E-state index contributed by atoms with van der Waals surface area (Å²) in [5.41, 5.74) is 13.1. The third kappa shape index (κ3) is 14.6.